The molecule has 0 aliphatic heterocycles. The van der Waals surface area contributed by atoms with Gasteiger partial charge in [0, 0.05) is 10.5 Å². The van der Waals surface area contributed by atoms with Crippen molar-refractivity contribution in [2.24, 2.45) is 0 Å². The van der Waals surface area contributed by atoms with Crippen LogP contribution in [0, 0.1) is 10.1 Å². The number of nitrogens with two attached hydrogens (primary N) is 1. The minimum Gasteiger partial charge on any atom is -0.430 e. The van der Waals surface area contributed by atoms with Crippen LogP contribution in [0.2, 0.25) is 0 Å². The van der Waals surface area contributed by atoms with Crippen LogP contribution in [0.25, 0.3) is 0 Å². The van der Waals surface area contributed by atoms with Crippen molar-refractivity contribution in [3.63, 3.8) is 0 Å². The second kappa shape index (κ2) is 5.49. The number of hydrogen-bond acceptors (Lipinski definition) is 6. The first-order valence-electron chi connectivity index (χ1n) is 4.87. The number of anilines is 1. The molecule has 0 atom stereocenters. The number of nitrogens with zero attached hydrogens (tertiary/aromatic N) is 3. The summed E-state index contributed by atoms with van der Waals surface area (Å²) in [5, 5.41) is 11.0. The molecule has 0 fully saturated rings. The van der Waals surface area contributed by atoms with Gasteiger partial charge in [0.15, 0.2) is 0 Å². The van der Waals surface area contributed by atoms with E-state index in [2.05, 4.69) is 41.8 Å². The van der Waals surface area contributed by atoms with E-state index in [4.69, 9.17) is 10.5 Å². The van der Waals surface area contributed by atoms with Gasteiger partial charge in [0.05, 0.1) is 15.6 Å². The molecule has 9 heteroatoms. The van der Waals surface area contributed by atoms with Gasteiger partial charge in [0.25, 0.3) is 0 Å². The summed E-state index contributed by atoms with van der Waals surface area (Å²) in [6.07, 6.45) is 1.41. The normalized spacial score (nSPS) is 10.2. The molecule has 2 rings (SSSR count). The predicted molar refractivity (Wildman–Crippen MR) is 75.0 cm³/mol. The number of nitro groups is 1. The summed E-state index contributed by atoms with van der Waals surface area (Å²) < 4.78 is 6.42. The molecule has 0 bridgehead atoms. The van der Waals surface area contributed by atoms with Crippen molar-refractivity contribution in [2.75, 3.05) is 5.73 Å². The molecule has 7 nitrogen and oxygen atoms in total. The highest BCUT2D eigenvalue weighted by atomic mass is 79.9. The van der Waals surface area contributed by atoms with Gasteiger partial charge in [-0.05, 0) is 28.1 Å². The van der Waals surface area contributed by atoms with E-state index in [0.29, 0.717) is 8.95 Å². The maximum absolute atomic E-state index is 11.0. The van der Waals surface area contributed by atoms with E-state index in [1.54, 1.807) is 6.07 Å². The lowest BCUT2D eigenvalue weighted by Gasteiger charge is -2.07. The largest absolute Gasteiger partial charge is 0.430 e. The lowest BCUT2D eigenvalue weighted by Crippen LogP contribution is -1.99. The molecule has 0 spiro atoms. The van der Waals surface area contributed by atoms with Crippen LogP contribution < -0.4 is 10.5 Å². The van der Waals surface area contributed by atoms with Gasteiger partial charge in [-0.1, -0.05) is 15.9 Å². The zero-order valence-electron chi connectivity index (χ0n) is 9.21. The average Bonchev–Trinajstić information content (AvgIpc) is 2.35. The minimum absolute atomic E-state index is 0.0120. The smallest absolute Gasteiger partial charge is 0.312 e. The van der Waals surface area contributed by atoms with E-state index < -0.39 is 4.92 Å². The second-order valence-electron chi connectivity index (χ2n) is 3.35. The van der Waals surface area contributed by atoms with Crippen LogP contribution in [-0.2, 0) is 0 Å². The van der Waals surface area contributed by atoms with Crippen LogP contribution in [0.3, 0.4) is 0 Å². The Labute approximate surface area is 124 Å². The molecule has 0 aliphatic carbocycles. The fraction of sp³-hybridized carbons (Fsp3) is 0. The highest BCUT2D eigenvalue weighted by molar-refractivity contribution is 9.10. The molecular weight excluding hydrogens is 384 g/mol. The quantitative estimate of drug-likeness (QED) is 0.637. The topological polar surface area (TPSA) is 104 Å². The van der Waals surface area contributed by atoms with Gasteiger partial charge in [0.2, 0.25) is 17.6 Å². The Kier molecular flexibility index (Phi) is 3.96. The van der Waals surface area contributed by atoms with E-state index in [1.165, 1.54) is 18.3 Å². The second-order valence-corrected chi connectivity index (χ2v) is 5.12. The molecule has 1 heterocycles. The molecular formula is C10H6Br2N4O3. The summed E-state index contributed by atoms with van der Waals surface area (Å²) in [6, 6.07) is 4.43. The molecule has 0 saturated carbocycles. The Morgan fingerprint density at radius 3 is 2.79 bits per heavy atom. The van der Waals surface area contributed by atoms with E-state index in [-0.39, 0.29) is 23.3 Å². The van der Waals surface area contributed by atoms with Crippen molar-refractivity contribution in [3.8, 4) is 11.6 Å². The lowest BCUT2D eigenvalue weighted by molar-refractivity contribution is -0.385. The molecule has 98 valence electrons. The Morgan fingerprint density at radius 1 is 1.37 bits per heavy atom. The van der Waals surface area contributed by atoms with Crippen molar-refractivity contribution in [1.82, 2.24) is 9.97 Å². The Hall–Kier alpha value is -1.74. The van der Waals surface area contributed by atoms with Crippen molar-refractivity contribution >= 4 is 43.5 Å². The van der Waals surface area contributed by atoms with Gasteiger partial charge < -0.3 is 10.5 Å². The third-order valence-corrected chi connectivity index (χ3v) is 3.09. The summed E-state index contributed by atoms with van der Waals surface area (Å²) in [7, 11) is 0. The monoisotopic (exact) mass is 388 g/mol. The van der Waals surface area contributed by atoms with E-state index in [0.717, 1.165) is 0 Å². The van der Waals surface area contributed by atoms with Gasteiger partial charge in [0.1, 0.15) is 0 Å². The molecule has 0 unspecified atom stereocenters. The van der Waals surface area contributed by atoms with E-state index >= 15 is 0 Å². The molecule has 1 aromatic carbocycles. The number of benzene rings is 1. The first kappa shape index (κ1) is 13.7. The number of nitro benzene ring substituents is 1. The maximum atomic E-state index is 11.0. The molecule has 19 heavy (non-hydrogen) atoms. The third-order valence-electron chi connectivity index (χ3n) is 2.05. The van der Waals surface area contributed by atoms with Gasteiger partial charge in [-0.3, -0.25) is 10.1 Å². The van der Waals surface area contributed by atoms with Crippen molar-refractivity contribution in [1.29, 1.82) is 0 Å². The Bertz CT molecular complexity index is 651. The van der Waals surface area contributed by atoms with Crippen LogP contribution in [0.4, 0.5) is 11.6 Å². The number of rotatable bonds is 3. The van der Waals surface area contributed by atoms with Crippen molar-refractivity contribution in [3.05, 3.63) is 43.5 Å². The molecule has 1 aromatic heterocycles. The average molecular weight is 390 g/mol. The number of aromatic nitrogens is 2. The van der Waals surface area contributed by atoms with E-state index in [1.807, 2.05) is 0 Å². The van der Waals surface area contributed by atoms with Gasteiger partial charge in [-0.15, -0.1) is 0 Å². The molecule has 2 N–H and O–H groups in total. The molecule has 0 radical (unpaired) electrons. The number of hydrogen-bond donors (Lipinski definition) is 1. The number of ether oxygens (including phenoxy) is 1. The summed E-state index contributed by atoms with van der Waals surface area (Å²) in [4.78, 5) is 18.0. The zero-order valence-corrected chi connectivity index (χ0v) is 12.4. The van der Waals surface area contributed by atoms with Crippen LogP contribution >= 0.6 is 31.9 Å². The standard InChI is InChI=1S/C10H6Br2N4O3/c11-5-1-2-8(7(3-5)16(17)18)19-9-6(12)4-14-10(13)15-9/h1-4H,(H2,13,14,15). The Balaban J connectivity index is 2.43. The third kappa shape index (κ3) is 3.18. The fourth-order valence-electron chi connectivity index (χ4n) is 1.26. The summed E-state index contributed by atoms with van der Waals surface area (Å²) >= 11 is 6.34. The minimum atomic E-state index is -0.543. The molecule has 2 aromatic rings. The first-order chi connectivity index (χ1) is 8.97. The molecule has 0 aliphatic rings. The SMILES string of the molecule is Nc1ncc(Br)c(Oc2ccc(Br)cc2[N+](=O)[O-])n1. The van der Waals surface area contributed by atoms with Gasteiger partial charge in [-0.25, -0.2) is 4.98 Å². The fourth-order valence-corrected chi connectivity index (χ4v) is 1.88. The lowest BCUT2D eigenvalue weighted by atomic mass is 10.3. The molecule has 0 amide bonds. The van der Waals surface area contributed by atoms with Crippen molar-refractivity contribution < 1.29 is 9.66 Å². The van der Waals surface area contributed by atoms with Crippen molar-refractivity contribution in [2.45, 2.75) is 0 Å². The number of nitrogen functional groups attached to an aromatic ring is 1. The van der Waals surface area contributed by atoms with Gasteiger partial charge in [-0.2, -0.15) is 4.98 Å². The molecule has 0 saturated heterocycles. The van der Waals surface area contributed by atoms with Crippen LogP contribution in [-0.4, -0.2) is 14.9 Å². The zero-order chi connectivity index (χ0) is 14.0. The Morgan fingerprint density at radius 2 is 2.11 bits per heavy atom. The van der Waals surface area contributed by atoms with Crippen LogP contribution in [0.5, 0.6) is 11.6 Å². The van der Waals surface area contributed by atoms with Crippen LogP contribution in [0.15, 0.2) is 33.3 Å². The first-order valence-corrected chi connectivity index (χ1v) is 6.46. The van der Waals surface area contributed by atoms with Crippen LogP contribution in [0.1, 0.15) is 0 Å². The maximum Gasteiger partial charge on any atom is 0.312 e. The highest BCUT2D eigenvalue weighted by Crippen LogP contribution is 2.35. The van der Waals surface area contributed by atoms with Gasteiger partial charge >= 0.3 is 5.69 Å². The summed E-state index contributed by atoms with van der Waals surface area (Å²) in [5.41, 5.74) is 5.26. The highest BCUT2D eigenvalue weighted by Gasteiger charge is 2.18. The summed E-state index contributed by atoms with van der Waals surface area (Å²) in [5.74, 6) is 0.183. The van der Waals surface area contributed by atoms with E-state index in [9.17, 15) is 10.1 Å². The predicted octanol–water partition coefficient (Wildman–Crippen LogP) is 3.28. The number of halogens is 2. The summed E-state index contributed by atoms with van der Waals surface area (Å²) in [6.45, 7) is 0.